The first kappa shape index (κ1) is 24.5. The number of aliphatic carboxylic acids is 4. The van der Waals surface area contributed by atoms with Crippen molar-refractivity contribution in [3.05, 3.63) is 0 Å². The van der Waals surface area contributed by atoms with E-state index in [1.165, 1.54) is 0 Å². The number of rotatable bonds is 11. The van der Waals surface area contributed by atoms with Crippen LogP contribution in [0.1, 0.15) is 25.7 Å². The Hall–Kier alpha value is -2.54. The molecule has 0 aromatic heterocycles. The van der Waals surface area contributed by atoms with Gasteiger partial charge in [-0.25, -0.2) is 4.79 Å². The monoisotopic (exact) mass is 435 g/mol. The smallest absolute Gasteiger partial charge is 0.317 e. The highest BCUT2D eigenvalue weighted by Gasteiger charge is 2.42. The molecule has 0 radical (unpaired) electrons. The van der Waals surface area contributed by atoms with E-state index >= 15 is 0 Å². The lowest BCUT2D eigenvalue weighted by Crippen LogP contribution is -2.38. The third-order valence-corrected chi connectivity index (χ3v) is 5.65. The molecule has 0 saturated carbocycles. The highest BCUT2D eigenvalue weighted by Crippen LogP contribution is 2.33. The lowest BCUT2D eigenvalue weighted by Gasteiger charge is -2.16. The van der Waals surface area contributed by atoms with Gasteiger partial charge in [0.05, 0.1) is 31.7 Å². The van der Waals surface area contributed by atoms with Gasteiger partial charge >= 0.3 is 29.9 Å². The number of carboxylic acids is 4. The summed E-state index contributed by atoms with van der Waals surface area (Å²) in [6.07, 6.45) is 2.88. The number of unbranched alkanes of at least 4 members (excludes halogenated alkanes) is 1. The van der Waals surface area contributed by atoms with Gasteiger partial charge < -0.3 is 31.1 Å². The van der Waals surface area contributed by atoms with Crippen LogP contribution in [0.3, 0.4) is 0 Å². The van der Waals surface area contributed by atoms with Gasteiger partial charge in [-0.1, -0.05) is 6.42 Å². The minimum absolute atomic E-state index is 0.0640. The van der Waals surface area contributed by atoms with Crippen molar-refractivity contribution in [3.8, 4) is 0 Å². The molecule has 0 spiro atoms. The number of carboxylic acid groups (broad SMARTS) is 4. The number of nitrogens with zero attached hydrogens (tertiary/aromatic N) is 1. The first-order valence-electron chi connectivity index (χ1n) is 8.86. The molecule has 6 N–H and O–H groups in total. The molecular formula is C16H25N3O9S. The highest BCUT2D eigenvalue weighted by atomic mass is 32.2. The van der Waals surface area contributed by atoms with Gasteiger partial charge in [-0.3, -0.25) is 24.1 Å². The number of hydrogen-bond acceptors (Lipinski definition) is 7. The SMILES string of the molecule is O=C(O)CCCC[C@@H]1SC[C@@H]2NC(=O)N[C@@H]21.O=C(O)CN(CC(=O)O)CC(=O)O. The van der Waals surface area contributed by atoms with Gasteiger partial charge in [-0.15, -0.1) is 0 Å². The highest BCUT2D eigenvalue weighted by molar-refractivity contribution is 8.00. The largest absolute Gasteiger partial charge is 0.481 e. The Morgan fingerprint density at radius 1 is 0.897 bits per heavy atom. The van der Waals surface area contributed by atoms with Crippen LogP contribution in [-0.2, 0) is 19.2 Å². The average Bonchev–Trinajstić information content (AvgIpc) is 3.09. The van der Waals surface area contributed by atoms with E-state index in [4.69, 9.17) is 20.4 Å². The number of hydrogen-bond donors (Lipinski definition) is 6. The van der Waals surface area contributed by atoms with Crippen molar-refractivity contribution in [2.75, 3.05) is 25.4 Å². The van der Waals surface area contributed by atoms with Crippen LogP contribution in [0.25, 0.3) is 0 Å². The molecule has 3 atom stereocenters. The Balaban J connectivity index is 0.000000298. The second-order valence-corrected chi connectivity index (χ2v) is 7.86. The summed E-state index contributed by atoms with van der Waals surface area (Å²) in [5, 5.41) is 39.6. The zero-order chi connectivity index (χ0) is 22.0. The maximum Gasteiger partial charge on any atom is 0.317 e. The third-order valence-electron chi connectivity index (χ3n) is 4.14. The van der Waals surface area contributed by atoms with E-state index in [0.717, 1.165) is 29.9 Å². The molecule has 29 heavy (non-hydrogen) atoms. The van der Waals surface area contributed by atoms with E-state index < -0.39 is 43.5 Å². The van der Waals surface area contributed by atoms with E-state index in [2.05, 4.69) is 10.6 Å². The van der Waals surface area contributed by atoms with Gasteiger partial charge in [0, 0.05) is 17.4 Å². The van der Waals surface area contributed by atoms with Crippen molar-refractivity contribution in [1.29, 1.82) is 0 Å². The zero-order valence-electron chi connectivity index (χ0n) is 15.6. The van der Waals surface area contributed by atoms with Crippen LogP contribution in [0.15, 0.2) is 0 Å². The van der Waals surface area contributed by atoms with Crippen LogP contribution in [-0.4, -0.2) is 98.0 Å². The Bertz CT molecular complexity index is 593. The van der Waals surface area contributed by atoms with Crippen LogP contribution in [0.2, 0.25) is 0 Å². The molecule has 2 heterocycles. The molecule has 0 aromatic carbocycles. The summed E-state index contributed by atoms with van der Waals surface area (Å²) in [5.41, 5.74) is 0. The summed E-state index contributed by atoms with van der Waals surface area (Å²) in [7, 11) is 0. The lowest BCUT2D eigenvalue weighted by atomic mass is 10.0. The normalized spacial score (nSPS) is 22.1. The van der Waals surface area contributed by atoms with E-state index in [0.29, 0.717) is 5.25 Å². The summed E-state index contributed by atoms with van der Waals surface area (Å²) >= 11 is 1.87. The molecule has 2 amide bonds. The standard InChI is InChI=1S/C10H16N2O3S.C6H9NO6/c13-8(14)4-2-1-3-7-9-6(5-16-7)11-10(15)12-9;8-4(9)1-7(2-5(10)11)3-6(12)13/h6-7,9H,1-5H2,(H,13,14)(H2,11,12,15);1-3H2,(H,8,9)(H,10,11)(H,12,13)/t6-,7-,9-;/m0./s1. The maximum atomic E-state index is 11.1. The Labute approximate surface area is 170 Å². The Morgan fingerprint density at radius 2 is 1.45 bits per heavy atom. The molecule has 2 fully saturated rings. The summed E-state index contributed by atoms with van der Waals surface area (Å²) in [6.45, 7) is -1.80. The topological polar surface area (TPSA) is 194 Å². The number of amides is 2. The molecule has 0 aliphatic carbocycles. The zero-order valence-corrected chi connectivity index (χ0v) is 16.4. The Kier molecular flexibility index (Phi) is 10.2. The van der Waals surface area contributed by atoms with Crippen LogP contribution >= 0.6 is 11.8 Å². The quantitative estimate of drug-likeness (QED) is 0.178. The van der Waals surface area contributed by atoms with E-state index in [1.807, 2.05) is 11.8 Å². The van der Waals surface area contributed by atoms with Gasteiger partial charge in [0.2, 0.25) is 0 Å². The number of urea groups is 1. The molecule has 0 bridgehead atoms. The van der Waals surface area contributed by atoms with Gasteiger partial charge in [0.15, 0.2) is 0 Å². The molecule has 2 aliphatic rings. The van der Waals surface area contributed by atoms with Gasteiger partial charge in [-0.05, 0) is 12.8 Å². The molecule has 2 saturated heterocycles. The van der Waals surface area contributed by atoms with E-state index in [-0.39, 0.29) is 24.5 Å². The second kappa shape index (κ2) is 12.1. The van der Waals surface area contributed by atoms with Gasteiger partial charge in [0.1, 0.15) is 0 Å². The third kappa shape index (κ3) is 9.99. The molecule has 164 valence electrons. The van der Waals surface area contributed by atoms with Crippen molar-refractivity contribution < 1.29 is 44.4 Å². The lowest BCUT2D eigenvalue weighted by molar-refractivity contribution is -0.145. The molecule has 0 unspecified atom stereocenters. The molecule has 13 heteroatoms. The summed E-state index contributed by atoms with van der Waals surface area (Å²) < 4.78 is 0. The molecule has 2 rings (SSSR count). The summed E-state index contributed by atoms with van der Waals surface area (Å²) in [5.74, 6) is -3.55. The Morgan fingerprint density at radius 3 is 1.93 bits per heavy atom. The first-order chi connectivity index (χ1) is 13.6. The fourth-order valence-electron chi connectivity index (χ4n) is 3.01. The fraction of sp³-hybridized carbons (Fsp3) is 0.688. The minimum Gasteiger partial charge on any atom is -0.481 e. The second-order valence-electron chi connectivity index (χ2n) is 6.59. The van der Waals surface area contributed by atoms with E-state index in [9.17, 15) is 24.0 Å². The molecule has 2 aliphatic heterocycles. The van der Waals surface area contributed by atoms with Gasteiger partial charge in [-0.2, -0.15) is 11.8 Å². The summed E-state index contributed by atoms with van der Waals surface area (Å²) in [4.78, 5) is 52.7. The predicted octanol–water partition coefficient (Wildman–Crippen LogP) is -0.661. The predicted molar refractivity (Wildman–Crippen MR) is 101 cm³/mol. The van der Waals surface area contributed by atoms with Crippen molar-refractivity contribution in [2.45, 2.75) is 43.0 Å². The summed E-state index contributed by atoms with van der Waals surface area (Å²) in [6, 6.07) is 0.440. The van der Waals surface area contributed by atoms with Crippen molar-refractivity contribution in [3.63, 3.8) is 0 Å². The van der Waals surface area contributed by atoms with Gasteiger partial charge in [0.25, 0.3) is 0 Å². The van der Waals surface area contributed by atoms with Crippen LogP contribution in [0.5, 0.6) is 0 Å². The maximum absolute atomic E-state index is 11.1. The van der Waals surface area contributed by atoms with Crippen LogP contribution in [0, 0.1) is 0 Å². The van der Waals surface area contributed by atoms with Crippen LogP contribution < -0.4 is 10.6 Å². The molecule has 0 aromatic rings. The number of fused-ring (bicyclic) bond motifs is 1. The number of carbonyl (C=O) groups excluding carboxylic acids is 1. The number of nitrogens with one attached hydrogen (secondary N) is 2. The molecule has 12 nitrogen and oxygen atoms in total. The average molecular weight is 435 g/mol. The van der Waals surface area contributed by atoms with Crippen LogP contribution in [0.4, 0.5) is 4.79 Å². The minimum atomic E-state index is -1.26. The van der Waals surface area contributed by atoms with E-state index in [1.54, 1.807) is 0 Å². The fourth-order valence-corrected chi connectivity index (χ4v) is 4.55. The van der Waals surface area contributed by atoms with Crippen molar-refractivity contribution >= 4 is 41.7 Å². The van der Waals surface area contributed by atoms with Crippen molar-refractivity contribution in [1.82, 2.24) is 15.5 Å². The first-order valence-corrected chi connectivity index (χ1v) is 9.91. The number of thioether (sulfide) groups is 1. The molecular weight excluding hydrogens is 410 g/mol. The number of carbonyl (C=O) groups is 5. The van der Waals surface area contributed by atoms with Crippen molar-refractivity contribution in [2.24, 2.45) is 0 Å².